The lowest BCUT2D eigenvalue weighted by molar-refractivity contribution is 0.0607. The molecule has 2 aromatic rings. The van der Waals surface area contributed by atoms with Gasteiger partial charge in [0.25, 0.3) is 0 Å². The van der Waals surface area contributed by atoms with Crippen molar-refractivity contribution in [1.82, 2.24) is 30.0 Å². The maximum Gasteiger partial charge on any atom is 0.173 e. The van der Waals surface area contributed by atoms with Gasteiger partial charge in [0.2, 0.25) is 0 Å². The summed E-state index contributed by atoms with van der Waals surface area (Å²) >= 11 is 0. The van der Waals surface area contributed by atoms with E-state index in [2.05, 4.69) is 25.3 Å². The number of aromatic nitrogens is 4. The number of piperazine rings is 1. The highest BCUT2D eigenvalue weighted by Gasteiger charge is 2.33. The fourth-order valence-corrected chi connectivity index (χ4v) is 4.75. The largest absolute Gasteiger partial charge is 0.383 e. The Kier molecular flexibility index (Phi) is 6.84. The first-order chi connectivity index (χ1) is 14.3. The van der Waals surface area contributed by atoms with Gasteiger partial charge >= 0.3 is 0 Å². The first kappa shape index (κ1) is 20.4. The van der Waals surface area contributed by atoms with Crippen LogP contribution in [0.3, 0.4) is 0 Å². The number of hydrogen-bond acceptors (Lipinski definition) is 6. The zero-order valence-corrected chi connectivity index (χ0v) is 17.2. The molecular weight excluding hydrogens is 371 g/mol. The average Bonchev–Trinajstić information content (AvgIpc) is 3.23. The number of halogens is 1. The number of nitrogens with zero attached hydrogens (tertiary/aromatic N) is 6. The van der Waals surface area contributed by atoms with Gasteiger partial charge in [-0.05, 0) is 29.3 Å². The van der Waals surface area contributed by atoms with Crippen LogP contribution in [0.2, 0.25) is 0 Å². The Hall–Kier alpha value is -1.90. The number of rotatable bonds is 7. The molecule has 7 nitrogen and oxygen atoms in total. The molecule has 1 aliphatic carbocycles. The summed E-state index contributed by atoms with van der Waals surface area (Å²) in [5.41, 5.74) is 0.632. The van der Waals surface area contributed by atoms with Gasteiger partial charge < -0.3 is 4.74 Å². The van der Waals surface area contributed by atoms with Crippen LogP contribution < -0.4 is 0 Å². The van der Waals surface area contributed by atoms with E-state index in [1.165, 1.54) is 38.2 Å². The van der Waals surface area contributed by atoms with Crippen molar-refractivity contribution < 1.29 is 9.13 Å². The van der Waals surface area contributed by atoms with Crippen molar-refractivity contribution in [3.05, 3.63) is 41.5 Å². The van der Waals surface area contributed by atoms with Crippen LogP contribution in [0.25, 0.3) is 0 Å². The Labute approximate surface area is 171 Å². The molecule has 4 rings (SSSR count). The number of ether oxygens (including phenoxy) is 1. The van der Waals surface area contributed by atoms with Crippen LogP contribution in [0, 0.1) is 5.82 Å². The smallest absolute Gasteiger partial charge is 0.173 e. The first-order valence-corrected chi connectivity index (χ1v) is 10.8. The molecule has 0 radical (unpaired) electrons. The standard InChI is InChI=1S/C21H31FN6O/c1-29-16-15-28-21(23-24-25-28)20(18-9-5-6-10-19(18)22)27-13-11-26(12-14-27)17-7-3-2-4-8-17/h5-6,9-10,17,20H,2-4,7-8,11-16H2,1H3. The second-order valence-electron chi connectivity index (χ2n) is 8.04. The molecule has 2 aliphatic rings. The van der Waals surface area contributed by atoms with Crippen LogP contribution in [-0.2, 0) is 11.3 Å². The Morgan fingerprint density at radius 2 is 1.86 bits per heavy atom. The predicted molar refractivity (Wildman–Crippen MR) is 108 cm³/mol. The molecule has 2 fully saturated rings. The molecule has 1 unspecified atom stereocenters. The lowest BCUT2D eigenvalue weighted by Gasteiger charge is -2.43. The Morgan fingerprint density at radius 3 is 2.59 bits per heavy atom. The van der Waals surface area contributed by atoms with Gasteiger partial charge in [-0.25, -0.2) is 9.07 Å². The maximum atomic E-state index is 14.8. The number of tetrazole rings is 1. The van der Waals surface area contributed by atoms with Gasteiger partial charge in [-0.2, -0.15) is 0 Å². The van der Waals surface area contributed by atoms with E-state index in [9.17, 15) is 4.39 Å². The molecule has 0 bridgehead atoms. The van der Waals surface area contributed by atoms with E-state index in [1.54, 1.807) is 17.9 Å². The zero-order chi connectivity index (χ0) is 20.1. The molecule has 8 heteroatoms. The minimum absolute atomic E-state index is 0.214. The van der Waals surface area contributed by atoms with E-state index >= 15 is 0 Å². The van der Waals surface area contributed by atoms with Crippen LogP contribution in [0.1, 0.15) is 49.5 Å². The monoisotopic (exact) mass is 402 g/mol. The summed E-state index contributed by atoms with van der Waals surface area (Å²) in [5.74, 6) is 0.465. The number of hydrogen-bond donors (Lipinski definition) is 0. The van der Waals surface area contributed by atoms with Gasteiger partial charge in [0.05, 0.1) is 13.2 Å². The average molecular weight is 403 g/mol. The van der Waals surface area contributed by atoms with E-state index in [4.69, 9.17) is 4.74 Å². The predicted octanol–water partition coefficient (Wildman–Crippen LogP) is 2.50. The normalized spacial score (nSPS) is 20.8. The van der Waals surface area contributed by atoms with Crippen molar-refractivity contribution in [3.63, 3.8) is 0 Å². The molecule has 29 heavy (non-hydrogen) atoms. The molecule has 1 saturated heterocycles. The minimum Gasteiger partial charge on any atom is -0.383 e. The molecule has 0 spiro atoms. The summed E-state index contributed by atoms with van der Waals surface area (Å²) in [6.45, 7) is 4.84. The molecule has 2 heterocycles. The van der Waals surface area contributed by atoms with Crippen molar-refractivity contribution in [1.29, 1.82) is 0 Å². The third kappa shape index (κ3) is 4.65. The Bertz CT molecular complexity index is 770. The Balaban J connectivity index is 1.55. The third-order valence-electron chi connectivity index (χ3n) is 6.32. The van der Waals surface area contributed by atoms with Crippen LogP contribution >= 0.6 is 0 Å². The number of methoxy groups -OCH3 is 1. The fourth-order valence-electron chi connectivity index (χ4n) is 4.75. The van der Waals surface area contributed by atoms with E-state index in [1.807, 2.05) is 12.1 Å². The van der Waals surface area contributed by atoms with E-state index < -0.39 is 0 Å². The van der Waals surface area contributed by atoms with Gasteiger partial charge in [0.15, 0.2) is 5.82 Å². The van der Waals surface area contributed by atoms with Crippen LogP contribution in [0.5, 0.6) is 0 Å². The van der Waals surface area contributed by atoms with Crippen molar-refractivity contribution >= 4 is 0 Å². The highest BCUT2D eigenvalue weighted by Crippen LogP contribution is 2.31. The summed E-state index contributed by atoms with van der Waals surface area (Å²) in [6, 6.07) is 7.39. The summed E-state index contributed by atoms with van der Waals surface area (Å²) in [5, 5.41) is 12.3. The summed E-state index contributed by atoms with van der Waals surface area (Å²) in [6.07, 6.45) is 6.68. The quantitative estimate of drug-likeness (QED) is 0.709. The van der Waals surface area contributed by atoms with Crippen molar-refractivity contribution in [3.8, 4) is 0 Å². The molecule has 1 atom stereocenters. The highest BCUT2D eigenvalue weighted by atomic mass is 19.1. The SMILES string of the molecule is COCCn1nnnc1C(c1ccccc1F)N1CCN(C2CCCCC2)CC1. The highest BCUT2D eigenvalue weighted by molar-refractivity contribution is 5.26. The van der Waals surface area contributed by atoms with Crippen molar-refractivity contribution in [2.45, 2.75) is 50.7 Å². The minimum atomic E-state index is -0.295. The lowest BCUT2D eigenvalue weighted by Crippen LogP contribution is -2.52. The zero-order valence-electron chi connectivity index (χ0n) is 17.2. The summed E-state index contributed by atoms with van der Waals surface area (Å²) in [7, 11) is 1.66. The molecule has 158 valence electrons. The topological polar surface area (TPSA) is 59.3 Å². The molecule has 1 aromatic heterocycles. The third-order valence-corrected chi connectivity index (χ3v) is 6.32. The molecule has 0 N–H and O–H groups in total. The summed E-state index contributed by atoms with van der Waals surface area (Å²) in [4.78, 5) is 4.95. The second kappa shape index (κ2) is 9.73. The molecular formula is C21H31FN6O. The second-order valence-corrected chi connectivity index (χ2v) is 8.04. The maximum absolute atomic E-state index is 14.8. The van der Waals surface area contributed by atoms with Crippen LogP contribution in [0.15, 0.2) is 24.3 Å². The van der Waals surface area contributed by atoms with Crippen LogP contribution in [0.4, 0.5) is 4.39 Å². The molecule has 0 amide bonds. The van der Waals surface area contributed by atoms with E-state index in [0.717, 1.165) is 26.2 Å². The van der Waals surface area contributed by atoms with Gasteiger partial charge in [-0.15, -0.1) is 5.10 Å². The van der Waals surface area contributed by atoms with Gasteiger partial charge in [0, 0.05) is 44.9 Å². The number of benzene rings is 1. The Morgan fingerprint density at radius 1 is 1.10 bits per heavy atom. The molecule has 1 saturated carbocycles. The van der Waals surface area contributed by atoms with Gasteiger partial charge in [-0.3, -0.25) is 9.80 Å². The van der Waals surface area contributed by atoms with Gasteiger partial charge in [-0.1, -0.05) is 37.5 Å². The first-order valence-electron chi connectivity index (χ1n) is 10.8. The van der Waals surface area contributed by atoms with E-state index in [-0.39, 0.29) is 11.9 Å². The fraction of sp³-hybridized carbons (Fsp3) is 0.667. The molecule has 1 aromatic carbocycles. The lowest BCUT2D eigenvalue weighted by atomic mass is 9.93. The van der Waals surface area contributed by atoms with E-state index in [0.29, 0.717) is 30.6 Å². The molecule has 1 aliphatic heterocycles. The van der Waals surface area contributed by atoms with Crippen LogP contribution in [-0.4, -0.2) is 75.9 Å². The van der Waals surface area contributed by atoms with Gasteiger partial charge in [0.1, 0.15) is 11.9 Å². The van der Waals surface area contributed by atoms with Crippen molar-refractivity contribution in [2.75, 3.05) is 39.9 Å². The van der Waals surface area contributed by atoms with Crippen molar-refractivity contribution in [2.24, 2.45) is 0 Å². The summed E-state index contributed by atoms with van der Waals surface area (Å²) < 4.78 is 21.7.